The Hall–Kier alpha value is -10.6. The van der Waals surface area contributed by atoms with Gasteiger partial charge in [0, 0.05) is 103 Å². The third-order valence-corrected chi connectivity index (χ3v) is 24.5. The van der Waals surface area contributed by atoms with Gasteiger partial charge in [0.05, 0.1) is 5.01 Å². The molecule has 20 nitrogen and oxygen atoms in total. The molecule has 8 unspecified atom stereocenters. The van der Waals surface area contributed by atoms with Crippen LogP contribution in [0.2, 0.25) is 5.02 Å². The maximum absolute atomic E-state index is 13.8. The Morgan fingerprint density at radius 3 is 1.19 bits per heavy atom. The van der Waals surface area contributed by atoms with E-state index < -0.39 is 88.8 Å². The van der Waals surface area contributed by atoms with E-state index >= 15 is 0 Å². The van der Waals surface area contributed by atoms with E-state index in [1.165, 1.54) is 12.3 Å². The zero-order valence-corrected chi connectivity index (χ0v) is 73.7. The molecule has 0 radical (unpaired) electrons. The SMILES string of the molecule is Cc1cc(-c2ccccc2Cl)cc(C)c1C1C(=O)CC(CCNC(=O)c2ccccn2)C1=O.Cc1cc(C)c(C2C(=O)CC(CCNC(=O)c3ccc(F)c(Br)n3)C2=O)c(C)c1.Cc1cc(C)c(C2C(=O)CC(CCNC(=O)c3ncc(Br)cc3F)C2=O)c(C)c1.Cc1cc(C)c(C2C(=O)CC(CCNC(=O)c3sc(C)nc3C(F)F)C2=O)c(C)c1. The number of nitrogens with one attached hydrogen (secondary N) is 4. The molecule has 28 heteroatoms. The Morgan fingerprint density at radius 1 is 0.446 bits per heavy atom. The van der Waals surface area contributed by atoms with Crippen molar-refractivity contribution in [2.24, 2.45) is 23.7 Å². The number of aromatic nitrogens is 4. The fourth-order valence-corrected chi connectivity index (χ4v) is 18.7. The van der Waals surface area contributed by atoms with Crippen LogP contribution in [0.15, 0.2) is 131 Å². The standard InChI is InChI=1S/C27H25ClN2O3.2C22H22BrFN2O3.C22H24F2N2O3S/c1-16-13-19(20-7-3-4-8-21(20)28)14-17(2)24(16)25-23(31)15-18(26(25)32)10-12-30-27(33)22-9-5-6-11-29-22;1-11-6-12(2)18(13(3)7-11)19-17(27)8-14(21(19)28)4-5-25-22(29)20-16(24)9-15(23)10-26-20;1-11-8-12(2)18(13(3)9-11)19-17(27)10-14(20(19)28)6-7-25-22(29)16-5-4-15(24)21(23)26-16;1-10-7-11(2)16(12(3)8-10)17-15(27)9-14(19(17)28)5-6-25-22(29)20-18(21(23)24)26-13(4)30-20/h3-9,11,13-14,18,25H,10,12,15H2,1-2H3,(H,30,33);6-7,9-10,14,19H,4-5,8H2,1-3H3,(H,25,29);4-5,8-9,14,19H,6-7,10H2,1-3H3,(H,25,29);7-8,14,17,21H,5-6,9H2,1-4H3,(H,25,29). The van der Waals surface area contributed by atoms with Crippen LogP contribution in [0.5, 0.6) is 0 Å². The van der Waals surface area contributed by atoms with Gasteiger partial charge in [-0.05, 0) is 249 Å². The molecule has 0 aliphatic heterocycles. The molecule has 4 aromatic heterocycles. The summed E-state index contributed by atoms with van der Waals surface area (Å²) >= 11 is 13.3. The first kappa shape index (κ1) is 92.7. The maximum atomic E-state index is 13.8. The summed E-state index contributed by atoms with van der Waals surface area (Å²) in [6, 6.07) is 32.2. The Bertz CT molecular complexity index is 5520. The number of benzene rings is 5. The van der Waals surface area contributed by atoms with E-state index in [1.807, 2.05) is 149 Å². The van der Waals surface area contributed by atoms with Gasteiger partial charge in [0.25, 0.3) is 30.1 Å². The highest BCUT2D eigenvalue weighted by Crippen LogP contribution is 2.43. The fourth-order valence-electron chi connectivity index (χ4n) is 17.0. The van der Waals surface area contributed by atoms with Crippen molar-refractivity contribution in [2.75, 3.05) is 26.2 Å². The van der Waals surface area contributed by atoms with Crippen LogP contribution in [0, 0.1) is 118 Å². The Balaban J connectivity index is 0.000000170. The largest absolute Gasteiger partial charge is 0.351 e. The molecule has 4 aliphatic rings. The van der Waals surface area contributed by atoms with Crippen LogP contribution in [0.25, 0.3) is 11.1 Å². The summed E-state index contributed by atoms with van der Waals surface area (Å²) in [7, 11) is 0. The van der Waals surface area contributed by atoms with E-state index in [0.717, 1.165) is 118 Å². The molecule has 13 rings (SSSR count). The predicted octanol–water partition coefficient (Wildman–Crippen LogP) is 17.4. The molecule has 4 aliphatic carbocycles. The summed E-state index contributed by atoms with van der Waals surface area (Å²) in [5.41, 5.74) is 15.4. The molecule has 4 N–H and O–H groups in total. The summed E-state index contributed by atoms with van der Waals surface area (Å²) in [4.78, 5) is 167. The van der Waals surface area contributed by atoms with Gasteiger partial charge in [-0.25, -0.2) is 32.5 Å². The summed E-state index contributed by atoms with van der Waals surface area (Å²) in [6.45, 7) is 23.7. The van der Waals surface area contributed by atoms with Crippen LogP contribution in [-0.4, -0.2) is 116 Å². The number of rotatable bonds is 22. The predicted molar refractivity (Wildman–Crippen MR) is 459 cm³/mol. The van der Waals surface area contributed by atoms with E-state index in [2.05, 4.69) is 73.1 Å². The highest BCUT2D eigenvalue weighted by Gasteiger charge is 2.47. The Morgan fingerprint density at radius 2 is 0.818 bits per heavy atom. The van der Waals surface area contributed by atoms with Crippen molar-refractivity contribution in [3.63, 3.8) is 0 Å². The molecule has 0 spiro atoms. The lowest BCUT2D eigenvalue weighted by atomic mass is 9.85. The van der Waals surface area contributed by atoms with Gasteiger partial charge in [0.2, 0.25) is 0 Å². The van der Waals surface area contributed by atoms with Crippen molar-refractivity contribution in [3.05, 3.63) is 263 Å². The second kappa shape index (κ2) is 40.8. The molecule has 8 atom stereocenters. The van der Waals surface area contributed by atoms with E-state index in [1.54, 1.807) is 31.3 Å². The number of Topliss-reactive ketones (excluding diaryl/α,β-unsaturated/α-hetero) is 8. The highest BCUT2D eigenvalue weighted by atomic mass is 79.9. The number of aryl methyl sites for hydroxylation is 12. The van der Waals surface area contributed by atoms with Gasteiger partial charge in [-0.1, -0.05) is 101 Å². The number of ketones is 8. The Labute approximate surface area is 725 Å². The van der Waals surface area contributed by atoms with Gasteiger partial charge in [0.1, 0.15) is 73.4 Å². The molecule has 0 bridgehead atoms. The number of halogens is 7. The van der Waals surface area contributed by atoms with Crippen molar-refractivity contribution in [2.45, 2.75) is 165 Å². The molecule has 121 heavy (non-hydrogen) atoms. The van der Waals surface area contributed by atoms with Crippen LogP contribution in [0.1, 0.15) is 217 Å². The zero-order chi connectivity index (χ0) is 88.3. The van der Waals surface area contributed by atoms with Crippen LogP contribution >= 0.6 is 54.8 Å². The summed E-state index contributed by atoms with van der Waals surface area (Å²) < 4.78 is 53.6. The monoisotopic (exact) mass is 1810 g/mol. The Kier molecular flexibility index (Phi) is 31.3. The molecule has 5 aromatic carbocycles. The van der Waals surface area contributed by atoms with Crippen LogP contribution in [-0.2, 0) is 38.4 Å². The minimum absolute atomic E-state index is 0.0339. The smallest absolute Gasteiger partial charge is 0.282 e. The molecule has 4 heterocycles. The number of carbonyl (C=O) groups is 12. The lowest BCUT2D eigenvalue weighted by Gasteiger charge is -2.18. The number of thiazole rings is 1. The number of alkyl halides is 2. The summed E-state index contributed by atoms with van der Waals surface area (Å²) in [5.74, 6) is -8.70. The molecule has 9 aromatic rings. The van der Waals surface area contributed by atoms with Gasteiger partial charge < -0.3 is 21.3 Å². The van der Waals surface area contributed by atoms with Gasteiger partial charge in [-0.15, -0.1) is 11.3 Å². The normalized spacial score (nSPS) is 18.7. The number of hydrogen-bond acceptors (Lipinski definition) is 17. The topological polar surface area (TPSA) is 305 Å². The summed E-state index contributed by atoms with van der Waals surface area (Å²) in [5, 5.41) is 11.7. The molecular weight excluding hydrogens is 1720 g/mol. The van der Waals surface area contributed by atoms with Gasteiger partial charge in [-0.2, -0.15) is 0 Å². The summed E-state index contributed by atoms with van der Waals surface area (Å²) in [6.07, 6.45) is 2.17. The van der Waals surface area contributed by atoms with Crippen LogP contribution in [0.4, 0.5) is 17.6 Å². The van der Waals surface area contributed by atoms with Crippen molar-refractivity contribution in [1.29, 1.82) is 0 Å². The van der Waals surface area contributed by atoms with Crippen LogP contribution in [0.3, 0.4) is 0 Å². The van der Waals surface area contributed by atoms with Crippen molar-refractivity contribution >= 4 is 125 Å². The molecular formula is C93H93Br2ClF4N8O12S. The van der Waals surface area contributed by atoms with E-state index in [0.29, 0.717) is 52.4 Å². The average molecular weight is 1820 g/mol. The maximum Gasteiger partial charge on any atom is 0.282 e. The van der Waals surface area contributed by atoms with Crippen molar-refractivity contribution in [3.8, 4) is 11.1 Å². The molecule has 632 valence electrons. The first-order valence-electron chi connectivity index (χ1n) is 39.6. The minimum atomic E-state index is -2.83. The van der Waals surface area contributed by atoms with E-state index in [-0.39, 0.29) is 118 Å². The quantitative estimate of drug-likeness (QED) is 0.0278. The third-order valence-electron chi connectivity index (χ3n) is 22.2. The number of pyridine rings is 3. The number of amides is 4. The van der Waals surface area contributed by atoms with Crippen molar-refractivity contribution < 1.29 is 75.1 Å². The van der Waals surface area contributed by atoms with Crippen molar-refractivity contribution in [1.82, 2.24) is 41.2 Å². The average Bonchev–Trinajstić information content (AvgIpc) is 1.67. The second-order valence-electron chi connectivity index (χ2n) is 31.3. The van der Waals surface area contributed by atoms with Gasteiger partial charge >= 0.3 is 0 Å². The lowest BCUT2D eigenvalue weighted by molar-refractivity contribution is -0.126. The second-order valence-corrected chi connectivity index (χ2v) is 34.6. The van der Waals surface area contributed by atoms with E-state index in [4.69, 9.17) is 11.6 Å². The molecule has 4 saturated carbocycles. The minimum Gasteiger partial charge on any atom is -0.351 e. The highest BCUT2D eigenvalue weighted by molar-refractivity contribution is 9.10. The van der Waals surface area contributed by atoms with Gasteiger partial charge in [-0.3, -0.25) is 62.5 Å². The number of carbonyl (C=O) groups excluding carboxylic acids is 12. The number of nitrogens with zero attached hydrogens (tertiary/aromatic N) is 4. The van der Waals surface area contributed by atoms with E-state index in [9.17, 15) is 75.1 Å². The first-order chi connectivity index (χ1) is 57.3. The van der Waals surface area contributed by atoms with Crippen LogP contribution < -0.4 is 21.3 Å². The zero-order valence-electron chi connectivity index (χ0n) is 69.0. The molecule has 0 saturated heterocycles. The molecule has 4 amide bonds. The fraction of sp³-hybridized carbons (Fsp3) is 0.355. The first-order valence-corrected chi connectivity index (χ1v) is 42.4. The number of hydrogen-bond donors (Lipinski definition) is 4. The third kappa shape index (κ3) is 22.2. The lowest BCUT2D eigenvalue weighted by Crippen LogP contribution is -2.28. The molecule has 4 fully saturated rings. The van der Waals surface area contributed by atoms with Gasteiger partial charge in [0.15, 0.2) is 40.5 Å².